The van der Waals surface area contributed by atoms with Gasteiger partial charge in [0.15, 0.2) is 5.82 Å². The summed E-state index contributed by atoms with van der Waals surface area (Å²) >= 11 is 0. The summed E-state index contributed by atoms with van der Waals surface area (Å²) in [6.45, 7) is 1.48. The van der Waals surface area contributed by atoms with Crippen molar-refractivity contribution in [3.63, 3.8) is 0 Å². The van der Waals surface area contributed by atoms with Crippen LogP contribution in [0.1, 0.15) is 6.42 Å². The van der Waals surface area contributed by atoms with Gasteiger partial charge in [0.25, 0.3) is 0 Å². The molecule has 1 aromatic heterocycles. The highest BCUT2D eigenvalue weighted by molar-refractivity contribution is 5.65. The Labute approximate surface area is 159 Å². The number of ether oxygens (including phenoxy) is 2. The molecule has 0 radical (unpaired) electrons. The van der Waals surface area contributed by atoms with Crippen LogP contribution in [-0.4, -0.2) is 37.3 Å². The number of hydrogen-bond donors (Lipinski definition) is 2. The van der Waals surface area contributed by atoms with Crippen LogP contribution in [0.5, 0.6) is 5.75 Å². The van der Waals surface area contributed by atoms with Crippen LogP contribution in [0.2, 0.25) is 0 Å². The molecular weight excluding hydrogens is 340 g/mol. The Morgan fingerprint density at radius 1 is 0.889 bits per heavy atom. The van der Waals surface area contributed by atoms with E-state index in [4.69, 9.17) is 9.47 Å². The highest BCUT2D eigenvalue weighted by atomic mass is 16.5. The first-order chi connectivity index (χ1) is 13.3. The molecule has 0 saturated heterocycles. The number of hydrogen-bond acceptors (Lipinski definition) is 6. The number of methoxy groups -OCH3 is 2. The van der Waals surface area contributed by atoms with Crippen LogP contribution < -0.4 is 15.4 Å². The molecule has 0 aliphatic carbocycles. The zero-order valence-corrected chi connectivity index (χ0v) is 15.6. The largest absolute Gasteiger partial charge is 0.497 e. The number of nitrogens with zero attached hydrogens (tertiary/aromatic N) is 2. The summed E-state index contributed by atoms with van der Waals surface area (Å²) in [5.74, 6) is 2.93. The fourth-order valence-electron chi connectivity index (χ4n) is 2.60. The van der Waals surface area contributed by atoms with Crippen molar-refractivity contribution >= 4 is 17.3 Å². The second-order valence-corrected chi connectivity index (χ2v) is 5.96. The molecule has 0 atom stereocenters. The van der Waals surface area contributed by atoms with Crippen molar-refractivity contribution < 1.29 is 9.47 Å². The summed E-state index contributed by atoms with van der Waals surface area (Å²) in [5, 5.41) is 6.68. The molecule has 0 bridgehead atoms. The Morgan fingerprint density at radius 3 is 2.48 bits per heavy atom. The van der Waals surface area contributed by atoms with Crippen LogP contribution in [0.4, 0.5) is 17.3 Å². The molecule has 2 N–H and O–H groups in total. The van der Waals surface area contributed by atoms with E-state index in [1.165, 1.54) is 0 Å². The highest BCUT2D eigenvalue weighted by Gasteiger charge is 2.08. The van der Waals surface area contributed by atoms with Crippen molar-refractivity contribution in [2.24, 2.45) is 0 Å². The lowest BCUT2D eigenvalue weighted by atomic mass is 10.2. The molecule has 3 rings (SSSR count). The SMILES string of the molecule is COCCCNc1cc(Nc2cccc(OC)c2)nc(-c2ccccc2)n1. The Hall–Kier alpha value is -3.12. The van der Waals surface area contributed by atoms with Crippen molar-refractivity contribution in [2.45, 2.75) is 6.42 Å². The van der Waals surface area contributed by atoms with Gasteiger partial charge in [0.1, 0.15) is 17.4 Å². The molecule has 0 aliphatic rings. The van der Waals surface area contributed by atoms with Crippen LogP contribution in [0.25, 0.3) is 11.4 Å². The average molecular weight is 364 g/mol. The van der Waals surface area contributed by atoms with Gasteiger partial charge in [-0.15, -0.1) is 0 Å². The summed E-state index contributed by atoms with van der Waals surface area (Å²) in [7, 11) is 3.35. The van der Waals surface area contributed by atoms with Gasteiger partial charge in [-0.05, 0) is 18.6 Å². The van der Waals surface area contributed by atoms with Crippen LogP contribution in [0, 0.1) is 0 Å². The van der Waals surface area contributed by atoms with Crippen LogP contribution >= 0.6 is 0 Å². The molecule has 3 aromatic rings. The zero-order chi connectivity index (χ0) is 18.9. The first-order valence-corrected chi connectivity index (χ1v) is 8.87. The average Bonchev–Trinajstić information content (AvgIpc) is 2.72. The third-order valence-electron chi connectivity index (χ3n) is 3.93. The summed E-state index contributed by atoms with van der Waals surface area (Å²) in [6.07, 6.45) is 0.903. The molecule has 2 aromatic carbocycles. The van der Waals surface area contributed by atoms with E-state index in [-0.39, 0.29) is 0 Å². The van der Waals surface area contributed by atoms with E-state index < -0.39 is 0 Å². The molecule has 27 heavy (non-hydrogen) atoms. The van der Waals surface area contributed by atoms with E-state index in [0.717, 1.165) is 35.8 Å². The summed E-state index contributed by atoms with van der Waals surface area (Å²) in [5.41, 5.74) is 1.86. The van der Waals surface area contributed by atoms with E-state index in [9.17, 15) is 0 Å². The lowest BCUT2D eigenvalue weighted by Crippen LogP contribution is -2.08. The lowest BCUT2D eigenvalue weighted by molar-refractivity contribution is 0.198. The highest BCUT2D eigenvalue weighted by Crippen LogP contribution is 2.24. The fourth-order valence-corrected chi connectivity index (χ4v) is 2.60. The Bertz CT molecular complexity index is 856. The van der Waals surface area contributed by atoms with Gasteiger partial charge in [-0.1, -0.05) is 36.4 Å². The maximum absolute atomic E-state index is 5.29. The number of aromatic nitrogens is 2. The zero-order valence-electron chi connectivity index (χ0n) is 15.6. The van der Waals surface area contributed by atoms with Gasteiger partial charge < -0.3 is 20.1 Å². The monoisotopic (exact) mass is 364 g/mol. The van der Waals surface area contributed by atoms with Gasteiger partial charge in [-0.25, -0.2) is 9.97 Å². The van der Waals surface area contributed by atoms with Crippen molar-refractivity contribution in [1.82, 2.24) is 9.97 Å². The number of anilines is 3. The summed E-state index contributed by atoms with van der Waals surface area (Å²) in [6, 6.07) is 19.6. The van der Waals surface area contributed by atoms with Crippen LogP contribution in [0.3, 0.4) is 0 Å². The maximum Gasteiger partial charge on any atom is 0.163 e. The van der Waals surface area contributed by atoms with Crippen molar-refractivity contribution in [3.05, 3.63) is 60.7 Å². The van der Waals surface area contributed by atoms with Gasteiger partial charge in [0, 0.05) is 43.6 Å². The quantitative estimate of drug-likeness (QED) is 0.550. The standard InChI is InChI=1S/C21H24N4O2/c1-26-13-7-12-22-19-15-20(23-17-10-6-11-18(14-17)27-2)25-21(24-19)16-8-4-3-5-9-16/h3-6,8-11,14-15H,7,12-13H2,1-2H3,(H2,22,23,24,25). The van der Waals surface area contributed by atoms with E-state index in [1.54, 1.807) is 14.2 Å². The van der Waals surface area contributed by atoms with E-state index in [0.29, 0.717) is 18.2 Å². The first kappa shape index (κ1) is 18.7. The van der Waals surface area contributed by atoms with Crippen LogP contribution in [0.15, 0.2) is 60.7 Å². The van der Waals surface area contributed by atoms with E-state index in [1.807, 2.05) is 60.7 Å². The number of benzene rings is 2. The van der Waals surface area contributed by atoms with Crippen LogP contribution in [-0.2, 0) is 4.74 Å². The van der Waals surface area contributed by atoms with Crippen molar-refractivity contribution in [3.8, 4) is 17.1 Å². The van der Waals surface area contributed by atoms with Crippen molar-refractivity contribution in [2.75, 3.05) is 38.0 Å². The molecule has 6 nitrogen and oxygen atoms in total. The predicted octanol–water partition coefficient (Wildman–Crippen LogP) is 4.34. The van der Waals surface area contributed by atoms with Crippen molar-refractivity contribution in [1.29, 1.82) is 0 Å². The molecule has 0 aliphatic heterocycles. The molecule has 0 spiro atoms. The van der Waals surface area contributed by atoms with Gasteiger partial charge >= 0.3 is 0 Å². The number of rotatable bonds is 9. The van der Waals surface area contributed by atoms with Gasteiger partial charge in [0.05, 0.1) is 7.11 Å². The molecule has 0 unspecified atom stereocenters. The fraction of sp³-hybridized carbons (Fsp3) is 0.238. The molecule has 1 heterocycles. The topological polar surface area (TPSA) is 68.3 Å². The molecule has 6 heteroatoms. The smallest absolute Gasteiger partial charge is 0.163 e. The molecule has 0 fully saturated rings. The summed E-state index contributed by atoms with van der Waals surface area (Å²) < 4.78 is 10.4. The second kappa shape index (κ2) is 9.54. The molecule has 0 amide bonds. The van der Waals surface area contributed by atoms with E-state index >= 15 is 0 Å². The van der Waals surface area contributed by atoms with E-state index in [2.05, 4.69) is 20.6 Å². The molecule has 0 saturated carbocycles. The Morgan fingerprint density at radius 2 is 1.70 bits per heavy atom. The third-order valence-corrected chi connectivity index (χ3v) is 3.93. The lowest BCUT2D eigenvalue weighted by Gasteiger charge is -2.12. The van der Waals surface area contributed by atoms with Gasteiger partial charge in [-0.2, -0.15) is 0 Å². The Kier molecular flexibility index (Phi) is 6.60. The maximum atomic E-state index is 5.29. The predicted molar refractivity (Wildman–Crippen MR) is 109 cm³/mol. The Balaban J connectivity index is 1.86. The molecule has 140 valence electrons. The normalized spacial score (nSPS) is 10.4. The minimum Gasteiger partial charge on any atom is -0.497 e. The van der Waals surface area contributed by atoms with Gasteiger partial charge in [0.2, 0.25) is 0 Å². The van der Waals surface area contributed by atoms with Gasteiger partial charge in [-0.3, -0.25) is 0 Å². The third kappa shape index (κ3) is 5.43. The number of nitrogens with one attached hydrogen (secondary N) is 2. The molecular formula is C21H24N4O2. The second-order valence-electron chi connectivity index (χ2n) is 5.96. The first-order valence-electron chi connectivity index (χ1n) is 8.87. The summed E-state index contributed by atoms with van der Waals surface area (Å²) in [4.78, 5) is 9.32. The minimum absolute atomic E-state index is 0.665. The minimum atomic E-state index is 0.665.